The van der Waals surface area contributed by atoms with Gasteiger partial charge in [0.25, 0.3) is 0 Å². The van der Waals surface area contributed by atoms with E-state index < -0.39 is 0 Å². The summed E-state index contributed by atoms with van der Waals surface area (Å²) in [5, 5.41) is 0. The maximum Gasteiger partial charge on any atom is 1.00 e. The predicted octanol–water partition coefficient (Wildman–Crippen LogP) is -1.36. The second-order valence-corrected chi connectivity index (χ2v) is 4.59. The van der Waals surface area contributed by atoms with Crippen molar-refractivity contribution >= 4 is 0 Å². The summed E-state index contributed by atoms with van der Waals surface area (Å²) >= 11 is 0. The molecule has 6 nitrogen and oxygen atoms in total. The van der Waals surface area contributed by atoms with Crippen LogP contribution in [0.4, 0.5) is 0 Å². The first-order valence-corrected chi connectivity index (χ1v) is 7.62. The number of hydrogen-bond donors (Lipinski definition) is 0. The fourth-order valence-corrected chi connectivity index (χ4v) is 1.87. The van der Waals surface area contributed by atoms with Gasteiger partial charge in [-0.3, -0.25) is 0 Å². The minimum absolute atomic E-state index is 0. The van der Waals surface area contributed by atoms with Crippen LogP contribution in [-0.2, 0) is 18.9 Å². The molecule has 0 fully saturated rings. The largest absolute Gasteiger partial charge is 1.00 e. The average molecular weight is 352 g/mol. The van der Waals surface area contributed by atoms with E-state index in [0.717, 1.165) is 0 Å². The SMILES string of the molecule is [H-].[K+].c1ccc2c(c1)OCCOCCOCCOCCOCCO2. The molecule has 0 spiro atoms. The molecule has 0 amide bonds. The maximum absolute atomic E-state index is 5.68. The summed E-state index contributed by atoms with van der Waals surface area (Å²) in [6.45, 7) is 5.30. The average Bonchev–Trinajstić information content (AvgIpc) is 2.55. The van der Waals surface area contributed by atoms with Crippen molar-refractivity contribution < 1.29 is 81.2 Å². The summed E-state index contributed by atoms with van der Waals surface area (Å²) < 4.78 is 33.0. The van der Waals surface area contributed by atoms with Crippen LogP contribution in [-0.4, -0.2) is 66.1 Å². The molecule has 0 aliphatic carbocycles. The van der Waals surface area contributed by atoms with Gasteiger partial charge in [-0.05, 0) is 12.1 Å². The van der Waals surface area contributed by atoms with E-state index in [9.17, 15) is 0 Å². The molecule has 0 N–H and O–H groups in total. The van der Waals surface area contributed by atoms with Crippen LogP contribution in [0.2, 0.25) is 0 Å². The zero-order valence-corrected chi connectivity index (χ0v) is 17.0. The number of rotatable bonds is 0. The van der Waals surface area contributed by atoms with Crippen molar-refractivity contribution in [1.29, 1.82) is 0 Å². The zero-order chi connectivity index (χ0) is 15.3. The first-order chi connectivity index (χ1) is 11.0. The third-order valence-electron chi connectivity index (χ3n) is 2.94. The quantitative estimate of drug-likeness (QED) is 0.538. The topological polar surface area (TPSA) is 55.4 Å². The molecule has 0 unspecified atom stereocenters. The third-order valence-corrected chi connectivity index (χ3v) is 2.94. The van der Waals surface area contributed by atoms with E-state index in [1.54, 1.807) is 0 Å². The molecule has 23 heavy (non-hydrogen) atoms. The van der Waals surface area contributed by atoms with Gasteiger partial charge in [0.05, 0.1) is 52.9 Å². The van der Waals surface area contributed by atoms with Gasteiger partial charge in [0.1, 0.15) is 13.2 Å². The van der Waals surface area contributed by atoms with Crippen LogP contribution < -0.4 is 60.9 Å². The predicted molar refractivity (Wildman–Crippen MR) is 81.8 cm³/mol. The van der Waals surface area contributed by atoms with Crippen molar-refractivity contribution in [3.8, 4) is 11.5 Å². The van der Waals surface area contributed by atoms with Crippen molar-refractivity contribution in [3.63, 3.8) is 0 Å². The minimum atomic E-state index is 0. The number of para-hydroxylation sites is 2. The van der Waals surface area contributed by atoms with Gasteiger partial charge in [-0.25, -0.2) is 0 Å². The van der Waals surface area contributed by atoms with Gasteiger partial charge < -0.3 is 29.8 Å². The molecule has 2 rings (SSSR count). The first kappa shape index (κ1) is 21.3. The van der Waals surface area contributed by atoms with Gasteiger partial charge in [-0.1, -0.05) is 12.1 Å². The van der Waals surface area contributed by atoms with E-state index in [4.69, 9.17) is 28.4 Å². The molecule has 1 aliphatic heterocycles. The summed E-state index contributed by atoms with van der Waals surface area (Å²) in [4.78, 5) is 0. The van der Waals surface area contributed by atoms with Crippen molar-refractivity contribution in [3.05, 3.63) is 24.3 Å². The zero-order valence-electron chi connectivity index (χ0n) is 14.8. The summed E-state index contributed by atoms with van der Waals surface area (Å²) in [6.07, 6.45) is 0. The molecule has 126 valence electrons. The molecule has 0 saturated carbocycles. The second kappa shape index (κ2) is 14.6. The van der Waals surface area contributed by atoms with E-state index in [1.807, 2.05) is 24.3 Å². The van der Waals surface area contributed by atoms with E-state index in [-0.39, 0.29) is 52.8 Å². The van der Waals surface area contributed by atoms with Crippen LogP contribution >= 0.6 is 0 Å². The molecule has 0 bridgehead atoms. The Morgan fingerprint density at radius 2 is 0.826 bits per heavy atom. The molecule has 0 radical (unpaired) electrons. The Kier molecular flexibility index (Phi) is 13.6. The van der Waals surface area contributed by atoms with Crippen LogP contribution in [0.3, 0.4) is 0 Å². The standard InChI is InChI=1S/C16H24O6.K.H/c1-2-4-16-15(3-1)21-13-11-19-9-7-17-5-6-18-8-10-20-12-14-22-16;;/h1-4H,5-14H2;;/q;+1;-1. The van der Waals surface area contributed by atoms with Crippen LogP contribution in [0.5, 0.6) is 11.5 Å². The summed E-state index contributed by atoms with van der Waals surface area (Å²) in [5.41, 5.74) is 0. The van der Waals surface area contributed by atoms with Crippen LogP contribution in [0.15, 0.2) is 24.3 Å². The summed E-state index contributed by atoms with van der Waals surface area (Å²) in [5.74, 6) is 1.43. The normalized spacial score (nSPS) is 19.0. The minimum Gasteiger partial charge on any atom is -1.00 e. The van der Waals surface area contributed by atoms with E-state index in [1.165, 1.54) is 0 Å². The van der Waals surface area contributed by atoms with Gasteiger partial charge in [0, 0.05) is 0 Å². The monoisotopic (exact) mass is 352 g/mol. The van der Waals surface area contributed by atoms with Crippen LogP contribution in [0.25, 0.3) is 0 Å². The molecule has 0 aromatic heterocycles. The summed E-state index contributed by atoms with van der Waals surface area (Å²) in [6, 6.07) is 7.59. The Bertz CT molecular complexity index is 373. The van der Waals surface area contributed by atoms with Crippen molar-refractivity contribution in [1.82, 2.24) is 0 Å². The molecular weight excluding hydrogens is 327 g/mol. The molecule has 1 aromatic rings. The van der Waals surface area contributed by atoms with E-state index in [2.05, 4.69) is 0 Å². The molecule has 1 aromatic carbocycles. The van der Waals surface area contributed by atoms with Gasteiger partial charge in [-0.2, -0.15) is 0 Å². The molecule has 1 aliphatic rings. The third kappa shape index (κ3) is 10.0. The fraction of sp³-hybridized carbons (Fsp3) is 0.625. The first-order valence-electron chi connectivity index (χ1n) is 7.62. The second-order valence-electron chi connectivity index (χ2n) is 4.59. The molecule has 0 saturated heterocycles. The van der Waals surface area contributed by atoms with Gasteiger partial charge in [0.15, 0.2) is 11.5 Å². The summed E-state index contributed by atoms with van der Waals surface area (Å²) in [7, 11) is 0. The number of fused-ring (bicyclic) bond motifs is 1. The van der Waals surface area contributed by atoms with Gasteiger partial charge in [-0.15, -0.1) is 0 Å². The van der Waals surface area contributed by atoms with Gasteiger partial charge >= 0.3 is 51.4 Å². The fourth-order valence-electron chi connectivity index (χ4n) is 1.87. The van der Waals surface area contributed by atoms with Gasteiger partial charge in [0.2, 0.25) is 0 Å². The maximum atomic E-state index is 5.68. The van der Waals surface area contributed by atoms with Crippen molar-refractivity contribution in [2.24, 2.45) is 0 Å². The number of benzene rings is 1. The smallest absolute Gasteiger partial charge is 1.00 e. The van der Waals surface area contributed by atoms with Crippen molar-refractivity contribution in [2.45, 2.75) is 0 Å². The Morgan fingerprint density at radius 1 is 0.522 bits per heavy atom. The van der Waals surface area contributed by atoms with Crippen LogP contribution in [0, 0.1) is 0 Å². The Labute approximate surface area is 181 Å². The Balaban J connectivity index is 0.00000264. The van der Waals surface area contributed by atoms with Crippen molar-refractivity contribution in [2.75, 3.05) is 66.1 Å². The Morgan fingerprint density at radius 3 is 1.17 bits per heavy atom. The molecule has 7 heteroatoms. The molecule has 0 atom stereocenters. The van der Waals surface area contributed by atoms with E-state index >= 15 is 0 Å². The van der Waals surface area contributed by atoms with E-state index in [0.29, 0.717) is 77.6 Å². The molecule has 1 heterocycles. The van der Waals surface area contributed by atoms with Crippen LogP contribution in [0.1, 0.15) is 1.43 Å². The number of ether oxygens (including phenoxy) is 6. The Hall–Kier alpha value is 0.296. The molecular formula is C16H25KO6. The number of hydrogen-bond acceptors (Lipinski definition) is 6.